The van der Waals surface area contributed by atoms with E-state index in [0.717, 1.165) is 11.3 Å². The molecule has 0 aromatic heterocycles. The van der Waals surface area contributed by atoms with Crippen molar-refractivity contribution in [2.24, 2.45) is 0 Å². The number of phenolic OH excluding ortho intramolecular Hbond substituents is 1. The number of nitrogens with one attached hydrogen (secondary N) is 1. The van der Waals surface area contributed by atoms with Gasteiger partial charge in [0, 0.05) is 17.8 Å². The van der Waals surface area contributed by atoms with E-state index >= 15 is 0 Å². The summed E-state index contributed by atoms with van der Waals surface area (Å²) in [4.78, 5) is 0. The van der Waals surface area contributed by atoms with E-state index in [1.807, 2.05) is 24.3 Å². The minimum Gasteiger partial charge on any atom is -0.508 e. The minimum atomic E-state index is 0.327. The molecule has 0 aliphatic rings. The lowest BCUT2D eigenvalue weighted by atomic mass is 10.0. The Morgan fingerprint density at radius 1 is 0.818 bits per heavy atom. The summed E-state index contributed by atoms with van der Waals surface area (Å²) in [6.45, 7) is 2.71. The van der Waals surface area contributed by atoms with Gasteiger partial charge in [0.15, 0.2) is 0 Å². The summed E-state index contributed by atoms with van der Waals surface area (Å²) in [5.74, 6) is 0.327. The molecule has 0 amide bonds. The molecule has 0 fully saturated rings. The van der Waals surface area contributed by atoms with Gasteiger partial charge in [0.2, 0.25) is 0 Å². The lowest BCUT2D eigenvalue weighted by Gasteiger charge is -2.12. The smallest absolute Gasteiger partial charge is 0.120 e. The van der Waals surface area contributed by atoms with E-state index in [9.17, 15) is 5.11 Å². The zero-order chi connectivity index (χ0) is 15.4. The highest BCUT2D eigenvalue weighted by Crippen LogP contribution is 2.25. The number of phenols is 1. The van der Waals surface area contributed by atoms with Gasteiger partial charge in [-0.05, 0) is 41.8 Å². The summed E-state index contributed by atoms with van der Waals surface area (Å²) < 4.78 is 0. The Morgan fingerprint density at radius 2 is 1.55 bits per heavy atom. The molecule has 0 spiro atoms. The fraction of sp³-hybridized carbons (Fsp3) is 0.100. The van der Waals surface area contributed by atoms with Gasteiger partial charge in [-0.1, -0.05) is 54.6 Å². The van der Waals surface area contributed by atoms with Crippen molar-refractivity contribution in [3.05, 3.63) is 83.9 Å². The van der Waals surface area contributed by atoms with Crippen LogP contribution in [0.4, 0.5) is 5.69 Å². The molecule has 3 aromatic carbocycles. The number of para-hydroxylation sites is 1. The van der Waals surface area contributed by atoms with Gasteiger partial charge in [-0.15, -0.1) is 0 Å². The van der Waals surface area contributed by atoms with Crippen molar-refractivity contribution in [3.8, 4) is 16.9 Å². The molecule has 0 unspecified atom stereocenters. The van der Waals surface area contributed by atoms with E-state index in [0.29, 0.717) is 12.3 Å². The predicted octanol–water partition coefficient (Wildman–Crippen LogP) is 4.98. The van der Waals surface area contributed by atoms with Crippen LogP contribution in [0.3, 0.4) is 0 Å². The van der Waals surface area contributed by atoms with Crippen LogP contribution in [0.15, 0.2) is 72.8 Å². The highest BCUT2D eigenvalue weighted by Gasteiger charge is 2.04. The largest absolute Gasteiger partial charge is 0.508 e. The van der Waals surface area contributed by atoms with Crippen molar-refractivity contribution in [2.45, 2.75) is 13.5 Å². The normalized spacial score (nSPS) is 10.4. The molecule has 3 aromatic rings. The molecule has 110 valence electrons. The van der Waals surface area contributed by atoms with E-state index in [2.05, 4.69) is 54.7 Å². The second kappa shape index (κ2) is 6.35. The van der Waals surface area contributed by atoms with Crippen LogP contribution in [0, 0.1) is 6.92 Å². The van der Waals surface area contributed by atoms with Crippen molar-refractivity contribution in [3.63, 3.8) is 0 Å². The third-order valence-electron chi connectivity index (χ3n) is 3.79. The molecule has 0 aliphatic carbocycles. The maximum absolute atomic E-state index is 9.81. The molecule has 2 N–H and O–H groups in total. The van der Waals surface area contributed by atoms with E-state index in [1.165, 1.54) is 16.7 Å². The molecule has 0 aliphatic heterocycles. The van der Waals surface area contributed by atoms with E-state index in [4.69, 9.17) is 0 Å². The van der Waals surface area contributed by atoms with Crippen molar-refractivity contribution in [1.82, 2.24) is 0 Å². The maximum Gasteiger partial charge on any atom is 0.120 e. The lowest BCUT2D eigenvalue weighted by molar-refractivity contribution is 0.469. The van der Waals surface area contributed by atoms with Crippen LogP contribution >= 0.6 is 0 Å². The zero-order valence-corrected chi connectivity index (χ0v) is 12.6. The highest BCUT2D eigenvalue weighted by atomic mass is 16.3. The Kier molecular flexibility index (Phi) is 4.10. The van der Waals surface area contributed by atoms with Crippen LogP contribution in [0.2, 0.25) is 0 Å². The fourth-order valence-electron chi connectivity index (χ4n) is 2.52. The van der Waals surface area contributed by atoms with Crippen molar-refractivity contribution in [1.29, 1.82) is 0 Å². The molecule has 0 atom stereocenters. The highest BCUT2D eigenvalue weighted by molar-refractivity contribution is 5.68. The summed E-state index contributed by atoms with van der Waals surface area (Å²) >= 11 is 0. The van der Waals surface area contributed by atoms with Gasteiger partial charge in [-0.3, -0.25) is 0 Å². The molecule has 2 nitrogen and oxygen atoms in total. The van der Waals surface area contributed by atoms with Crippen LogP contribution in [0.5, 0.6) is 5.75 Å². The number of benzene rings is 3. The van der Waals surface area contributed by atoms with Crippen LogP contribution < -0.4 is 5.32 Å². The number of hydrogen-bond donors (Lipinski definition) is 2. The Hall–Kier alpha value is -2.74. The molecular formula is C20H19NO. The van der Waals surface area contributed by atoms with Crippen LogP contribution in [-0.4, -0.2) is 5.11 Å². The van der Waals surface area contributed by atoms with Gasteiger partial charge in [0.25, 0.3) is 0 Å². The van der Waals surface area contributed by atoms with Crippen LogP contribution in [-0.2, 0) is 6.54 Å². The predicted molar refractivity (Wildman–Crippen MR) is 92.0 cm³/mol. The fourth-order valence-corrected chi connectivity index (χ4v) is 2.52. The number of rotatable bonds is 4. The number of aryl methyl sites for hydroxylation is 1. The van der Waals surface area contributed by atoms with Gasteiger partial charge in [0.1, 0.15) is 5.75 Å². The number of anilines is 1. The van der Waals surface area contributed by atoms with E-state index in [-0.39, 0.29) is 0 Å². The van der Waals surface area contributed by atoms with Gasteiger partial charge < -0.3 is 10.4 Å². The standard InChI is InChI=1S/C20H19NO/c1-15-13-17(16-7-3-2-4-8-16)11-12-19(15)21-14-18-9-5-6-10-20(18)22/h2-13,21-22H,14H2,1H3. The van der Waals surface area contributed by atoms with E-state index < -0.39 is 0 Å². The second-order valence-electron chi connectivity index (χ2n) is 5.38. The minimum absolute atomic E-state index is 0.327. The summed E-state index contributed by atoms with van der Waals surface area (Å²) in [6, 6.07) is 24.2. The Balaban J connectivity index is 1.77. The topological polar surface area (TPSA) is 32.3 Å². The molecule has 3 rings (SSSR count). The maximum atomic E-state index is 9.81. The Morgan fingerprint density at radius 3 is 2.27 bits per heavy atom. The van der Waals surface area contributed by atoms with Crippen LogP contribution in [0.1, 0.15) is 11.1 Å². The average Bonchev–Trinajstić information content (AvgIpc) is 2.56. The van der Waals surface area contributed by atoms with Gasteiger partial charge in [-0.2, -0.15) is 0 Å². The average molecular weight is 289 g/mol. The summed E-state index contributed by atoms with van der Waals surface area (Å²) in [5.41, 5.74) is 5.61. The molecule has 2 heteroatoms. The summed E-state index contributed by atoms with van der Waals surface area (Å²) in [5, 5.41) is 13.2. The number of aromatic hydroxyl groups is 1. The molecular weight excluding hydrogens is 270 g/mol. The molecule has 0 heterocycles. The molecule has 22 heavy (non-hydrogen) atoms. The first-order valence-electron chi connectivity index (χ1n) is 7.41. The quantitative estimate of drug-likeness (QED) is 0.710. The third kappa shape index (κ3) is 3.12. The van der Waals surface area contributed by atoms with Crippen LogP contribution in [0.25, 0.3) is 11.1 Å². The van der Waals surface area contributed by atoms with Crippen molar-refractivity contribution in [2.75, 3.05) is 5.32 Å². The second-order valence-corrected chi connectivity index (χ2v) is 5.38. The molecule has 0 bridgehead atoms. The third-order valence-corrected chi connectivity index (χ3v) is 3.79. The summed E-state index contributed by atoms with van der Waals surface area (Å²) in [6.07, 6.45) is 0. The Labute approximate surface area is 131 Å². The molecule has 0 saturated heterocycles. The van der Waals surface area contributed by atoms with Crippen molar-refractivity contribution < 1.29 is 5.11 Å². The van der Waals surface area contributed by atoms with Gasteiger partial charge in [-0.25, -0.2) is 0 Å². The molecule has 0 saturated carbocycles. The first kappa shape index (κ1) is 14.2. The monoisotopic (exact) mass is 289 g/mol. The molecule has 0 radical (unpaired) electrons. The lowest BCUT2D eigenvalue weighted by Crippen LogP contribution is -2.01. The first-order valence-corrected chi connectivity index (χ1v) is 7.41. The van der Waals surface area contributed by atoms with E-state index in [1.54, 1.807) is 6.07 Å². The van der Waals surface area contributed by atoms with Gasteiger partial charge in [0.05, 0.1) is 0 Å². The Bertz CT molecular complexity index is 766. The summed E-state index contributed by atoms with van der Waals surface area (Å²) in [7, 11) is 0. The van der Waals surface area contributed by atoms with Crippen molar-refractivity contribution >= 4 is 5.69 Å². The number of hydrogen-bond acceptors (Lipinski definition) is 2. The first-order chi connectivity index (χ1) is 10.7. The van der Waals surface area contributed by atoms with Gasteiger partial charge >= 0.3 is 0 Å². The zero-order valence-electron chi connectivity index (χ0n) is 12.6. The SMILES string of the molecule is Cc1cc(-c2ccccc2)ccc1NCc1ccccc1O.